The summed E-state index contributed by atoms with van der Waals surface area (Å²) in [6.07, 6.45) is 2.65. The molecule has 0 aliphatic rings. The molecule has 0 spiro atoms. The fourth-order valence-electron chi connectivity index (χ4n) is 2.33. The third kappa shape index (κ3) is 4.47. The first-order valence-electron chi connectivity index (χ1n) is 8.12. The van der Waals surface area contributed by atoms with Gasteiger partial charge in [-0.1, -0.05) is 48.5 Å². The number of amides is 1. The van der Waals surface area contributed by atoms with Crippen LogP contribution in [0, 0.1) is 6.92 Å². The van der Waals surface area contributed by atoms with E-state index in [2.05, 4.69) is 52.6 Å². The number of hydrogen-bond acceptors (Lipinski definition) is 4. The van der Waals surface area contributed by atoms with Gasteiger partial charge in [-0.25, -0.2) is 0 Å². The minimum Gasteiger partial charge on any atom is -0.352 e. The SMILES string of the molecule is C=CCNC(=O)[C@H](C)Sc1nnc(-c2cccc(C)c2)n1CCC. The van der Waals surface area contributed by atoms with E-state index in [9.17, 15) is 4.79 Å². The molecule has 1 atom stereocenters. The normalized spacial score (nSPS) is 12.0. The Morgan fingerprint density at radius 1 is 1.46 bits per heavy atom. The van der Waals surface area contributed by atoms with Gasteiger partial charge in [0.1, 0.15) is 0 Å². The Morgan fingerprint density at radius 2 is 2.25 bits per heavy atom. The molecular formula is C18H24N4OS. The summed E-state index contributed by atoms with van der Waals surface area (Å²) in [6.45, 7) is 11.0. The van der Waals surface area contributed by atoms with Gasteiger partial charge in [0.15, 0.2) is 11.0 Å². The summed E-state index contributed by atoms with van der Waals surface area (Å²) in [5, 5.41) is 12.0. The van der Waals surface area contributed by atoms with Gasteiger partial charge in [0.25, 0.3) is 0 Å². The van der Waals surface area contributed by atoms with Gasteiger partial charge in [-0.2, -0.15) is 0 Å². The van der Waals surface area contributed by atoms with E-state index in [0.717, 1.165) is 29.5 Å². The van der Waals surface area contributed by atoms with Crippen molar-refractivity contribution in [2.45, 2.75) is 44.1 Å². The third-order valence-corrected chi connectivity index (χ3v) is 4.59. The number of nitrogens with zero attached hydrogens (tertiary/aromatic N) is 3. The minimum atomic E-state index is -0.241. The maximum Gasteiger partial charge on any atom is 0.233 e. The molecule has 0 bridgehead atoms. The summed E-state index contributed by atoms with van der Waals surface area (Å²) in [5.74, 6) is 0.824. The lowest BCUT2D eigenvalue weighted by molar-refractivity contribution is -0.120. The van der Waals surface area contributed by atoms with E-state index in [1.54, 1.807) is 6.08 Å². The number of hydrogen-bond donors (Lipinski definition) is 1. The van der Waals surface area contributed by atoms with Crippen molar-refractivity contribution >= 4 is 17.7 Å². The number of benzene rings is 1. The quantitative estimate of drug-likeness (QED) is 0.589. The lowest BCUT2D eigenvalue weighted by atomic mass is 10.1. The van der Waals surface area contributed by atoms with Gasteiger partial charge in [0.05, 0.1) is 5.25 Å². The average molecular weight is 344 g/mol. The third-order valence-electron chi connectivity index (χ3n) is 3.51. The first-order chi connectivity index (χ1) is 11.6. The number of aromatic nitrogens is 3. The Labute approximate surface area is 147 Å². The molecule has 2 aromatic rings. The highest BCUT2D eigenvalue weighted by Crippen LogP contribution is 2.27. The molecule has 5 nitrogen and oxygen atoms in total. The summed E-state index contributed by atoms with van der Waals surface area (Å²) < 4.78 is 2.09. The molecule has 1 amide bonds. The van der Waals surface area contributed by atoms with Crippen LogP contribution in [0.25, 0.3) is 11.4 Å². The fraction of sp³-hybridized carbons (Fsp3) is 0.389. The van der Waals surface area contributed by atoms with Crippen LogP contribution < -0.4 is 5.32 Å². The molecule has 6 heteroatoms. The van der Waals surface area contributed by atoms with Gasteiger partial charge < -0.3 is 9.88 Å². The van der Waals surface area contributed by atoms with Gasteiger partial charge in [-0.15, -0.1) is 16.8 Å². The second-order valence-corrected chi connectivity index (χ2v) is 6.93. The summed E-state index contributed by atoms with van der Waals surface area (Å²) in [4.78, 5) is 12.1. The molecule has 0 aliphatic heterocycles. The molecule has 2 rings (SSSR count). The van der Waals surface area contributed by atoms with E-state index in [-0.39, 0.29) is 11.2 Å². The Balaban J connectivity index is 2.25. The lowest BCUT2D eigenvalue weighted by Crippen LogP contribution is -2.31. The predicted molar refractivity (Wildman–Crippen MR) is 99.0 cm³/mol. The monoisotopic (exact) mass is 344 g/mol. The summed E-state index contributed by atoms with van der Waals surface area (Å²) in [5.41, 5.74) is 2.23. The van der Waals surface area contributed by atoms with Gasteiger partial charge >= 0.3 is 0 Å². The van der Waals surface area contributed by atoms with Crippen molar-refractivity contribution in [3.63, 3.8) is 0 Å². The van der Waals surface area contributed by atoms with Crippen molar-refractivity contribution < 1.29 is 4.79 Å². The number of rotatable bonds is 8. The molecular weight excluding hydrogens is 320 g/mol. The largest absolute Gasteiger partial charge is 0.352 e. The van der Waals surface area contributed by atoms with E-state index in [1.807, 2.05) is 19.1 Å². The van der Waals surface area contributed by atoms with Crippen molar-refractivity contribution in [3.8, 4) is 11.4 Å². The molecule has 0 saturated carbocycles. The van der Waals surface area contributed by atoms with Gasteiger partial charge in [0.2, 0.25) is 5.91 Å². The van der Waals surface area contributed by atoms with Crippen LogP contribution in [0.5, 0.6) is 0 Å². The van der Waals surface area contributed by atoms with E-state index in [0.29, 0.717) is 6.54 Å². The molecule has 0 fully saturated rings. The number of nitrogens with one attached hydrogen (secondary N) is 1. The Morgan fingerprint density at radius 3 is 2.92 bits per heavy atom. The lowest BCUT2D eigenvalue weighted by Gasteiger charge is -2.13. The van der Waals surface area contributed by atoms with Crippen molar-refractivity contribution in [3.05, 3.63) is 42.5 Å². The fourth-order valence-corrected chi connectivity index (χ4v) is 3.23. The highest BCUT2D eigenvalue weighted by Gasteiger charge is 2.20. The topological polar surface area (TPSA) is 59.8 Å². The van der Waals surface area contributed by atoms with Crippen LogP contribution in [0.4, 0.5) is 0 Å². The summed E-state index contributed by atoms with van der Waals surface area (Å²) in [7, 11) is 0. The van der Waals surface area contributed by atoms with Crippen molar-refractivity contribution in [1.29, 1.82) is 0 Å². The molecule has 24 heavy (non-hydrogen) atoms. The highest BCUT2D eigenvalue weighted by atomic mass is 32.2. The Bertz CT molecular complexity index is 711. The van der Waals surface area contributed by atoms with Crippen molar-refractivity contribution in [2.75, 3.05) is 6.54 Å². The van der Waals surface area contributed by atoms with Gasteiger partial charge in [-0.3, -0.25) is 4.79 Å². The van der Waals surface area contributed by atoms with Crippen molar-refractivity contribution in [1.82, 2.24) is 20.1 Å². The van der Waals surface area contributed by atoms with Crippen LogP contribution >= 0.6 is 11.8 Å². The Hall–Kier alpha value is -2.08. The zero-order valence-electron chi connectivity index (χ0n) is 14.5. The van der Waals surface area contributed by atoms with Crippen molar-refractivity contribution in [2.24, 2.45) is 0 Å². The van der Waals surface area contributed by atoms with Crippen LogP contribution in [-0.4, -0.2) is 32.5 Å². The van der Waals surface area contributed by atoms with Gasteiger partial charge in [-0.05, 0) is 26.3 Å². The Kier molecular flexibility index (Phi) is 6.61. The van der Waals surface area contributed by atoms with Crippen LogP contribution in [0.2, 0.25) is 0 Å². The highest BCUT2D eigenvalue weighted by molar-refractivity contribution is 8.00. The number of aryl methyl sites for hydroxylation is 1. The smallest absolute Gasteiger partial charge is 0.233 e. The zero-order valence-corrected chi connectivity index (χ0v) is 15.3. The van der Waals surface area contributed by atoms with Crippen LogP contribution in [-0.2, 0) is 11.3 Å². The zero-order chi connectivity index (χ0) is 17.5. The maximum atomic E-state index is 12.1. The summed E-state index contributed by atoms with van der Waals surface area (Å²) in [6, 6.07) is 8.22. The van der Waals surface area contributed by atoms with E-state index in [4.69, 9.17) is 0 Å². The molecule has 128 valence electrons. The van der Waals surface area contributed by atoms with Crippen LogP contribution in [0.3, 0.4) is 0 Å². The predicted octanol–water partition coefficient (Wildman–Crippen LogP) is 3.45. The molecule has 0 radical (unpaired) electrons. The van der Waals surface area contributed by atoms with Crippen LogP contribution in [0.15, 0.2) is 42.1 Å². The summed E-state index contributed by atoms with van der Waals surface area (Å²) >= 11 is 1.43. The van der Waals surface area contributed by atoms with E-state index in [1.165, 1.54) is 17.3 Å². The second kappa shape index (κ2) is 8.68. The van der Waals surface area contributed by atoms with Gasteiger partial charge in [0, 0.05) is 18.7 Å². The molecule has 0 saturated heterocycles. The van der Waals surface area contributed by atoms with E-state index < -0.39 is 0 Å². The molecule has 0 unspecified atom stereocenters. The molecule has 1 aromatic carbocycles. The number of carbonyl (C=O) groups is 1. The second-order valence-electron chi connectivity index (χ2n) is 5.62. The molecule has 1 N–H and O–H groups in total. The first kappa shape index (κ1) is 18.3. The maximum absolute atomic E-state index is 12.1. The van der Waals surface area contributed by atoms with Crippen LogP contribution in [0.1, 0.15) is 25.8 Å². The van der Waals surface area contributed by atoms with E-state index >= 15 is 0 Å². The molecule has 1 heterocycles. The molecule has 0 aliphatic carbocycles. The standard InChI is InChI=1S/C18H24N4OS/c1-5-10-19-17(23)14(4)24-18-21-20-16(22(18)11-6-2)15-9-7-8-13(3)12-15/h5,7-9,12,14H,1,6,10-11H2,2-4H3,(H,19,23)/t14-/m0/s1. The minimum absolute atomic E-state index is 0.0249. The average Bonchev–Trinajstić information content (AvgIpc) is 2.95. The number of thioether (sulfide) groups is 1. The number of carbonyl (C=O) groups excluding carboxylic acids is 1. The molecule has 1 aromatic heterocycles. The first-order valence-corrected chi connectivity index (χ1v) is 9.00.